The first-order chi connectivity index (χ1) is 8.65. The predicted molar refractivity (Wildman–Crippen MR) is 67.0 cm³/mol. The average Bonchev–Trinajstić information content (AvgIpc) is 3.11. The molecule has 2 N–H and O–H groups in total. The van der Waals surface area contributed by atoms with Crippen molar-refractivity contribution in [1.82, 2.24) is 5.43 Å². The van der Waals surface area contributed by atoms with Crippen LogP contribution in [0.25, 0.3) is 0 Å². The second kappa shape index (κ2) is 3.94. The molecule has 5 heteroatoms. The van der Waals surface area contributed by atoms with E-state index in [1.165, 1.54) is 6.92 Å². The first-order valence-corrected chi connectivity index (χ1v) is 5.90. The Labute approximate surface area is 104 Å². The highest BCUT2D eigenvalue weighted by atomic mass is 16.2. The number of hydrazone groups is 1. The summed E-state index contributed by atoms with van der Waals surface area (Å²) in [6.07, 6.45) is 0.887. The molecule has 2 amide bonds. The van der Waals surface area contributed by atoms with Gasteiger partial charge in [-0.15, -0.1) is 0 Å². The van der Waals surface area contributed by atoms with Crippen LogP contribution in [-0.4, -0.2) is 17.5 Å². The number of hydrogen-bond donors (Lipinski definition) is 2. The van der Waals surface area contributed by atoms with Gasteiger partial charge in [-0.3, -0.25) is 9.59 Å². The van der Waals surface area contributed by atoms with E-state index in [0.29, 0.717) is 0 Å². The van der Waals surface area contributed by atoms with Crippen LogP contribution in [0.3, 0.4) is 0 Å². The number of anilines is 1. The van der Waals surface area contributed by atoms with Crippen LogP contribution in [0.15, 0.2) is 29.4 Å². The second-order valence-corrected chi connectivity index (χ2v) is 4.68. The zero-order chi connectivity index (χ0) is 12.7. The Hall–Kier alpha value is -2.17. The van der Waals surface area contributed by atoms with Crippen LogP contribution in [-0.2, 0) is 9.59 Å². The van der Waals surface area contributed by atoms with Crippen LogP contribution in [0.5, 0.6) is 0 Å². The summed E-state index contributed by atoms with van der Waals surface area (Å²) >= 11 is 0. The van der Waals surface area contributed by atoms with E-state index in [2.05, 4.69) is 15.8 Å². The van der Waals surface area contributed by atoms with Crippen molar-refractivity contribution in [1.29, 1.82) is 0 Å². The summed E-state index contributed by atoms with van der Waals surface area (Å²) in [4.78, 5) is 22.2. The number of carbonyl (C=O) groups excluding carboxylic acids is 2. The van der Waals surface area contributed by atoms with Gasteiger partial charge in [-0.25, -0.2) is 5.43 Å². The Morgan fingerprint density at radius 2 is 2.06 bits per heavy atom. The van der Waals surface area contributed by atoms with Crippen LogP contribution in [0.2, 0.25) is 0 Å². The quantitative estimate of drug-likeness (QED) is 0.817. The highest BCUT2D eigenvalue weighted by Gasteiger charge is 2.49. The number of hydrogen-bond acceptors (Lipinski definition) is 3. The fourth-order valence-electron chi connectivity index (χ4n) is 2.27. The molecule has 1 aliphatic heterocycles. The predicted octanol–water partition coefficient (Wildman–Crippen LogP) is 1.11. The third-order valence-corrected chi connectivity index (χ3v) is 3.27. The maximum Gasteiger partial charge on any atom is 0.243 e. The third kappa shape index (κ3) is 1.88. The fourth-order valence-corrected chi connectivity index (χ4v) is 2.27. The lowest BCUT2D eigenvalue weighted by Gasteiger charge is -2.12. The lowest BCUT2D eigenvalue weighted by molar-refractivity contribution is -0.122. The summed E-state index contributed by atoms with van der Waals surface area (Å²) in [6.45, 7) is 1.48. The van der Waals surface area contributed by atoms with Gasteiger partial charge in [0.1, 0.15) is 0 Å². The van der Waals surface area contributed by atoms with Gasteiger partial charge in [-0.1, -0.05) is 12.1 Å². The molecular formula is C13H13N3O2. The number of nitrogens with zero attached hydrogens (tertiary/aromatic N) is 1. The fraction of sp³-hybridized carbons (Fsp3) is 0.308. The Kier molecular flexibility index (Phi) is 2.40. The number of amides is 2. The van der Waals surface area contributed by atoms with Crippen LogP contribution in [0, 0.1) is 11.8 Å². The van der Waals surface area contributed by atoms with Crippen LogP contribution < -0.4 is 10.7 Å². The lowest BCUT2D eigenvalue weighted by Crippen LogP contribution is -2.28. The van der Waals surface area contributed by atoms with E-state index < -0.39 is 0 Å². The summed E-state index contributed by atoms with van der Waals surface area (Å²) in [6, 6.07) is 7.51. The first kappa shape index (κ1) is 11.0. The van der Waals surface area contributed by atoms with Gasteiger partial charge < -0.3 is 5.32 Å². The molecule has 5 nitrogen and oxygen atoms in total. The molecule has 1 saturated carbocycles. The monoisotopic (exact) mass is 243 g/mol. The molecule has 2 atom stereocenters. The van der Waals surface area contributed by atoms with Crippen molar-refractivity contribution in [3.05, 3.63) is 29.8 Å². The van der Waals surface area contributed by atoms with Crippen LogP contribution >= 0.6 is 0 Å². The van der Waals surface area contributed by atoms with Gasteiger partial charge in [0, 0.05) is 24.4 Å². The van der Waals surface area contributed by atoms with Crippen molar-refractivity contribution in [2.75, 3.05) is 5.32 Å². The number of carbonyl (C=O) groups is 2. The zero-order valence-electron chi connectivity index (χ0n) is 9.93. The number of fused-ring (bicyclic) bond motifs is 1. The maximum absolute atomic E-state index is 11.3. The molecule has 1 fully saturated rings. The van der Waals surface area contributed by atoms with Crippen molar-refractivity contribution in [2.45, 2.75) is 13.3 Å². The lowest BCUT2D eigenvalue weighted by atomic mass is 10.0. The van der Waals surface area contributed by atoms with Gasteiger partial charge in [0.05, 0.1) is 5.71 Å². The van der Waals surface area contributed by atoms with Gasteiger partial charge in [0.2, 0.25) is 11.8 Å². The molecule has 0 bridgehead atoms. The highest BCUT2D eigenvalue weighted by molar-refractivity contribution is 6.09. The normalized spacial score (nSPS) is 24.7. The Morgan fingerprint density at radius 3 is 2.72 bits per heavy atom. The summed E-state index contributed by atoms with van der Waals surface area (Å²) in [5.41, 5.74) is 5.25. The molecule has 92 valence electrons. The summed E-state index contributed by atoms with van der Waals surface area (Å²) in [5, 5.41) is 6.84. The van der Waals surface area contributed by atoms with Gasteiger partial charge in [0.25, 0.3) is 0 Å². The van der Waals surface area contributed by atoms with Crippen molar-refractivity contribution >= 4 is 23.2 Å². The number of rotatable bonds is 2. The average molecular weight is 243 g/mol. The zero-order valence-corrected chi connectivity index (χ0v) is 9.93. The van der Waals surface area contributed by atoms with Crippen LogP contribution in [0.1, 0.15) is 18.9 Å². The minimum Gasteiger partial charge on any atom is -0.326 e. The Bertz CT molecular complexity index is 548. The van der Waals surface area contributed by atoms with Crippen molar-refractivity contribution in [3.63, 3.8) is 0 Å². The van der Waals surface area contributed by atoms with Gasteiger partial charge in [-0.2, -0.15) is 5.10 Å². The van der Waals surface area contributed by atoms with Crippen LogP contribution in [0.4, 0.5) is 5.69 Å². The second-order valence-electron chi connectivity index (χ2n) is 4.68. The molecule has 0 radical (unpaired) electrons. The minimum absolute atomic E-state index is 0.0265. The van der Waals surface area contributed by atoms with Crippen molar-refractivity contribution in [2.24, 2.45) is 16.9 Å². The maximum atomic E-state index is 11.3. The van der Waals surface area contributed by atoms with E-state index in [0.717, 1.165) is 23.4 Å². The van der Waals surface area contributed by atoms with Gasteiger partial charge >= 0.3 is 0 Å². The van der Waals surface area contributed by atoms with Gasteiger partial charge in [0.15, 0.2) is 0 Å². The standard InChI is InChI=1S/C13H13N3O2/c1-7(17)14-9-4-2-8(3-5-9)12-10-6-11(10)13(18)16-15-12/h2-5,10-11H,6H2,1H3,(H,14,17)(H,16,18). The molecule has 3 rings (SSSR count). The topological polar surface area (TPSA) is 70.6 Å². The molecule has 18 heavy (non-hydrogen) atoms. The minimum atomic E-state index is -0.0905. The molecule has 1 aromatic carbocycles. The number of nitrogens with one attached hydrogen (secondary N) is 2. The SMILES string of the molecule is CC(=O)Nc1ccc(C2=NNC(=O)C3CC23)cc1. The third-order valence-electron chi connectivity index (χ3n) is 3.27. The highest BCUT2D eigenvalue weighted by Crippen LogP contribution is 2.43. The molecule has 0 aromatic heterocycles. The first-order valence-electron chi connectivity index (χ1n) is 5.90. The van der Waals surface area contributed by atoms with E-state index in [1.807, 2.05) is 24.3 Å². The van der Waals surface area contributed by atoms with E-state index >= 15 is 0 Å². The summed E-state index contributed by atoms with van der Waals surface area (Å²) < 4.78 is 0. The summed E-state index contributed by atoms with van der Waals surface area (Å²) in [7, 11) is 0. The Balaban J connectivity index is 1.81. The largest absolute Gasteiger partial charge is 0.326 e. The molecule has 2 unspecified atom stereocenters. The molecule has 1 aromatic rings. The molecule has 0 spiro atoms. The Morgan fingerprint density at radius 1 is 1.33 bits per heavy atom. The van der Waals surface area contributed by atoms with E-state index in [9.17, 15) is 9.59 Å². The molecular weight excluding hydrogens is 230 g/mol. The molecule has 0 saturated heterocycles. The van der Waals surface area contributed by atoms with E-state index in [4.69, 9.17) is 0 Å². The van der Waals surface area contributed by atoms with Crippen molar-refractivity contribution in [3.8, 4) is 0 Å². The molecule has 1 heterocycles. The van der Waals surface area contributed by atoms with Gasteiger partial charge in [-0.05, 0) is 24.1 Å². The molecule has 1 aliphatic carbocycles. The van der Waals surface area contributed by atoms with E-state index in [1.54, 1.807) is 0 Å². The summed E-state index contributed by atoms with van der Waals surface area (Å²) in [5.74, 6) is 0.309. The van der Waals surface area contributed by atoms with Crippen molar-refractivity contribution < 1.29 is 9.59 Å². The number of benzene rings is 1. The molecule has 2 aliphatic rings. The van der Waals surface area contributed by atoms with E-state index in [-0.39, 0.29) is 23.7 Å². The smallest absolute Gasteiger partial charge is 0.243 e.